The Morgan fingerprint density at radius 2 is 2.12 bits per heavy atom. The summed E-state index contributed by atoms with van der Waals surface area (Å²) in [4.78, 5) is 0. The number of thioether (sulfide) groups is 1. The lowest BCUT2D eigenvalue weighted by molar-refractivity contribution is 0.239. The summed E-state index contributed by atoms with van der Waals surface area (Å²) in [6, 6.07) is 3.59. The molecule has 24 heavy (non-hydrogen) atoms. The number of aryl methyl sites for hydroxylation is 1. The molecule has 0 unspecified atom stereocenters. The van der Waals surface area contributed by atoms with E-state index in [0.717, 1.165) is 29.4 Å². The highest BCUT2D eigenvalue weighted by Crippen LogP contribution is 2.33. The van der Waals surface area contributed by atoms with Crippen LogP contribution >= 0.6 is 35.0 Å². The number of tetrazole rings is 1. The molecule has 2 rings (SSSR count). The molecule has 9 heteroatoms. The van der Waals surface area contributed by atoms with Gasteiger partial charge >= 0.3 is 0 Å². The van der Waals surface area contributed by atoms with Crippen LogP contribution in [-0.2, 0) is 13.6 Å². The van der Waals surface area contributed by atoms with E-state index in [9.17, 15) is 0 Å². The zero-order chi connectivity index (χ0) is 17.5. The first-order chi connectivity index (χ1) is 11.5. The van der Waals surface area contributed by atoms with Crippen LogP contribution in [0.15, 0.2) is 17.3 Å². The number of ether oxygens (including phenoxy) is 1. The van der Waals surface area contributed by atoms with E-state index in [1.807, 2.05) is 27.0 Å². The summed E-state index contributed by atoms with van der Waals surface area (Å²) in [5.41, 5.74) is 0.964. The highest BCUT2D eigenvalue weighted by atomic mass is 35.5. The smallest absolute Gasteiger partial charge is 0.209 e. The van der Waals surface area contributed by atoms with Gasteiger partial charge in [-0.3, -0.25) is 0 Å². The zero-order valence-corrected chi connectivity index (χ0v) is 16.3. The fourth-order valence-corrected chi connectivity index (χ4v) is 3.41. The van der Waals surface area contributed by atoms with Crippen LogP contribution < -0.4 is 10.1 Å². The predicted octanol–water partition coefficient (Wildman–Crippen LogP) is 3.58. The van der Waals surface area contributed by atoms with Crippen molar-refractivity contribution < 1.29 is 4.74 Å². The summed E-state index contributed by atoms with van der Waals surface area (Å²) in [7, 11) is 1.83. The average Bonchev–Trinajstić information content (AvgIpc) is 2.91. The van der Waals surface area contributed by atoms with Gasteiger partial charge in [0.1, 0.15) is 5.75 Å². The van der Waals surface area contributed by atoms with Gasteiger partial charge in [-0.2, -0.15) is 0 Å². The molecule has 6 nitrogen and oxygen atoms in total. The van der Waals surface area contributed by atoms with Gasteiger partial charge in [-0.1, -0.05) is 35.0 Å². The molecule has 132 valence electrons. The Bertz CT molecular complexity index is 665. The fraction of sp³-hybridized carbons (Fsp3) is 0.533. The molecule has 1 N–H and O–H groups in total. The van der Waals surface area contributed by atoms with Gasteiger partial charge in [0.15, 0.2) is 0 Å². The Balaban J connectivity index is 1.80. The molecule has 0 aliphatic heterocycles. The van der Waals surface area contributed by atoms with Crippen LogP contribution in [0.5, 0.6) is 5.75 Å². The van der Waals surface area contributed by atoms with Crippen LogP contribution in [-0.4, -0.2) is 38.6 Å². The van der Waals surface area contributed by atoms with E-state index < -0.39 is 0 Å². The monoisotopic (exact) mass is 389 g/mol. The first-order valence-electron chi connectivity index (χ1n) is 7.68. The van der Waals surface area contributed by atoms with Crippen LogP contribution in [0, 0.1) is 0 Å². The second-order valence-electron chi connectivity index (χ2n) is 5.51. The van der Waals surface area contributed by atoms with Crippen molar-refractivity contribution in [3.8, 4) is 5.75 Å². The maximum Gasteiger partial charge on any atom is 0.209 e. The number of rotatable bonds is 9. The van der Waals surface area contributed by atoms with Gasteiger partial charge in [-0.15, -0.1) is 5.10 Å². The predicted molar refractivity (Wildman–Crippen MR) is 98.1 cm³/mol. The Kier molecular flexibility index (Phi) is 7.61. The summed E-state index contributed by atoms with van der Waals surface area (Å²) in [6.07, 6.45) is 1.05. The largest absolute Gasteiger partial charge is 0.489 e. The van der Waals surface area contributed by atoms with Crippen molar-refractivity contribution in [3.05, 3.63) is 27.7 Å². The molecule has 0 saturated carbocycles. The Labute approximate surface area is 156 Å². The lowest BCUT2D eigenvalue weighted by Gasteiger charge is -2.16. The van der Waals surface area contributed by atoms with Crippen LogP contribution in [0.4, 0.5) is 0 Å². The molecule has 0 radical (unpaired) electrons. The zero-order valence-electron chi connectivity index (χ0n) is 13.9. The standard InChI is InChI=1S/C15H21Cl2N5OS/c1-10(2)23-14-11(7-12(16)8-13(14)17)9-18-5-4-6-24-15-19-20-21-22(15)3/h7-8,10,18H,4-6,9H2,1-3H3. The fourth-order valence-electron chi connectivity index (χ4n) is 2.04. The van der Waals surface area contributed by atoms with Crippen molar-refractivity contribution in [2.24, 2.45) is 7.05 Å². The van der Waals surface area contributed by atoms with Crippen molar-refractivity contribution in [2.75, 3.05) is 12.3 Å². The number of hydrogen-bond acceptors (Lipinski definition) is 6. The molecule has 2 aromatic rings. The summed E-state index contributed by atoms with van der Waals surface area (Å²) in [6.45, 7) is 5.46. The van der Waals surface area contributed by atoms with Gasteiger partial charge in [-0.25, -0.2) is 4.68 Å². The summed E-state index contributed by atoms with van der Waals surface area (Å²) in [5, 5.41) is 16.7. The summed E-state index contributed by atoms with van der Waals surface area (Å²) >= 11 is 14.0. The first-order valence-corrected chi connectivity index (χ1v) is 9.42. The third-order valence-corrected chi connectivity index (χ3v) is 4.66. The van der Waals surface area contributed by atoms with E-state index in [1.54, 1.807) is 22.5 Å². The van der Waals surface area contributed by atoms with Crippen molar-refractivity contribution >= 4 is 35.0 Å². The van der Waals surface area contributed by atoms with Crippen LogP contribution in [0.25, 0.3) is 0 Å². The lowest BCUT2D eigenvalue weighted by atomic mass is 10.2. The molecule has 0 spiro atoms. The molecule has 0 amide bonds. The van der Waals surface area contributed by atoms with Crippen molar-refractivity contribution in [3.63, 3.8) is 0 Å². The van der Waals surface area contributed by atoms with Gasteiger partial charge in [0.05, 0.1) is 11.1 Å². The second-order valence-corrected chi connectivity index (χ2v) is 7.41. The summed E-state index contributed by atoms with van der Waals surface area (Å²) < 4.78 is 7.48. The Hall–Kier alpha value is -1.02. The molecule has 1 aromatic heterocycles. The minimum atomic E-state index is 0.0545. The number of halogens is 2. The quantitative estimate of drug-likeness (QED) is 0.522. The number of hydrogen-bond donors (Lipinski definition) is 1. The molecule has 1 heterocycles. The van der Waals surface area contributed by atoms with E-state index in [0.29, 0.717) is 22.3 Å². The molecule has 0 aliphatic rings. The molecule has 1 aromatic carbocycles. The van der Waals surface area contributed by atoms with Crippen LogP contribution in [0.3, 0.4) is 0 Å². The van der Waals surface area contributed by atoms with Gasteiger partial charge < -0.3 is 10.1 Å². The first kappa shape index (κ1) is 19.3. The number of benzene rings is 1. The number of nitrogens with zero attached hydrogens (tertiary/aromatic N) is 4. The van der Waals surface area contributed by atoms with Crippen molar-refractivity contribution in [1.82, 2.24) is 25.5 Å². The molecule has 0 atom stereocenters. The van der Waals surface area contributed by atoms with Gasteiger partial charge in [0.25, 0.3) is 0 Å². The van der Waals surface area contributed by atoms with E-state index in [2.05, 4.69) is 20.8 Å². The van der Waals surface area contributed by atoms with Gasteiger partial charge in [0, 0.05) is 29.9 Å². The SMILES string of the molecule is CC(C)Oc1c(Cl)cc(Cl)cc1CNCCCSc1nnnn1C. The van der Waals surface area contributed by atoms with Crippen LogP contribution in [0.2, 0.25) is 10.0 Å². The van der Waals surface area contributed by atoms with Gasteiger partial charge in [-0.05, 0) is 49.4 Å². The van der Waals surface area contributed by atoms with Crippen molar-refractivity contribution in [2.45, 2.75) is 38.1 Å². The minimum Gasteiger partial charge on any atom is -0.489 e. The maximum absolute atomic E-state index is 6.25. The minimum absolute atomic E-state index is 0.0545. The normalized spacial score (nSPS) is 11.2. The molecular formula is C15H21Cl2N5OS. The average molecular weight is 390 g/mol. The third kappa shape index (κ3) is 5.81. The molecule has 0 bridgehead atoms. The Morgan fingerprint density at radius 1 is 1.33 bits per heavy atom. The number of nitrogens with one attached hydrogen (secondary N) is 1. The van der Waals surface area contributed by atoms with Crippen molar-refractivity contribution in [1.29, 1.82) is 0 Å². The molecule has 0 aliphatic carbocycles. The topological polar surface area (TPSA) is 64.9 Å². The second kappa shape index (κ2) is 9.46. The molecule has 0 fully saturated rings. The summed E-state index contributed by atoms with van der Waals surface area (Å²) in [5.74, 6) is 1.63. The van der Waals surface area contributed by atoms with E-state index in [4.69, 9.17) is 27.9 Å². The van der Waals surface area contributed by atoms with E-state index >= 15 is 0 Å². The highest BCUT2D eigenvalue weighted by Gasteiger charge is 2.12. The maximum atomic E-state index is 6.25. The number of aromatic nitrogens is 4. The lowest BCUT2D eigenvalue weighted by Crippen LogP contribution is -2.17. The molecular weight excluding hydrogens is 369 g/mol. The third-order valence-electron chi connectivity index (χ3n) is 3.06. The molecule has 0 saturated heterocycles. The van der Waals surface area contributed by atoms with Crippen LogP contribution in [0.1, 0.15) is 25.8 Å². The van der Waals surface area contributed by atoms with E-state index in [1.165, 1.54) is 0 Å². The van der Waals surface area contributed by atoms with Gasteiger partial charge in [0.2, 0.25) is 5.16 Å². The Morgan fingerprint density at radius 3 is 2.79 bits per heavy atom. The van der Waals surface area contributed by atoms with E-state index in [-0.39, 0.29) is 6.10 Å². The highest BCUT2D eigenvalue weighted by molar-refractivity contribution is 7.99.